The van der Waals surface area contributed by atoms with Crippen LogP contribution in [0.5, 0.6) is 5.75 Å². The van der Waals surface area contributed by atoms with Crippen molar-refractivity contribution < 1.29 is 19.4 Å². The third-order valence-electron chi connectivity index (χ3n) is 10.6. The fourth-order valence-corrected chi connectivity index (χ4v) is 7.80. The number of hydrogen-bond donors (Lipinski definition) is 3. The number of piperidine rings is 3. The Morgan fingerprint density at radius 2 is 1.71 bits per heavy atom. The number of aromatic nitrogens is 2. The highest BCUT2D eigenvalue weighted by atomic mass is 35.5. The topological polar surface area (TPSA) is 129 Å². The molecule has 0 radical (unpaired) electrons. The second kappa shape index (κ2) is 14.2. The van der Waals surface area contributed by atoms with E-state index in [-0.39, 0.29) is 23.4 Å². The van der Waals surface area contributed by atoms with Crippen molar-refractivity contribution in [1.29, 1.82) is 0 Å². The summed E-state index contributed by atoms with van der Waals surface area (Å²) in [4.78, 5) is 46.6. The highest BCUT2D eigenvalue weighted by Crippen LogP contribution is 2.38. The lowest BCUT2D eigenvalue weighted by Crippen LogP contribution is -2.51. The number of carbonyl (C=O) groups excluding carboxylic acids is 2. The molecule has 3 N–H and O–H groups in total. The first kappa shape index (κ1) is 33.8. The van der Waals surface area contributed by atoms with Crippen molar-refractivity contribution in [2.45, 2.75) is 64.6 Å². The van der Waals surface area contributed by atoms with Crippen LogP contribution in [0.15, 0.2) is 41.5 Å². The molecule has 0 aliphatic carbocycles. The smallest absolute Gasteiger partial charge is 0.259 e. The Morgan fingerprint density at radius 1 is 1.02 bits per heavy atom. The average Bonchev–Trinajstić information content (AvgIpc) is 3.10. The molecule has 0 bridgehead atoms. The van der Waals surface area contributed by atoms with Gasteiger partial charge in [-0.05, 0) is 93.2 Å². The molecule has 5 heterocycles. The van der Waals surface area contributed by atoms with Gasteiger partial charge in [-0.1, -0.05) is 11.6 Å². The number of nitrogens with zero attached hydrogens (tertiary/aromatic N) is 4. The van der Waals surface area contributed by atoms with Crippen LogP contribution >= 0.6 is 11.6 Å². The molecular formula is C36H45ClN6O5. The first-order valence-electron chi connectivity index (χ1n) is 16.8. The Morgan fingerprint density at radius 3 is 2.33 bits per heavy atom. The van der Waals surface area contributed by atoms with E-state index in [9.17, 15) is 19.5 Å². The highest BCUT2D eigenvalue weighted by Gasteiger charge is 2.33. The van der Waals surface area contributed by atoms with E-state index >= 15 is 0 Å². The van der Waals surface area contributed by atoms with Crippen LogP contribution in [-0.2, 0) is 11.8 Å². The maximum atomic E-state index is 13.8. The van der Waals surface area contributed by atoms with E-state index in [4.69, 9.17) is 16.3 Å². The van der Waals surface area contributed by atoms with E-state index in [1.165, 1.54) is 0 Å². The molecule has 3 aliphatic rings. The van der Waals surface area contributed by atoms with Crippen LogP contribution < -0.4 is 25.8 Å². The number of rotatable bonds is 7. The fraction of sp³-hybridized carbons (Fsp3) is 0.500. The molecule has 48 heavy (non-hydrogen) atoms. The Kier molecular flexibility index (Phi) is 9.98. The Hall–Kier alpha value is -4.09. The van der Waals surface area contributed by atoms with Gasteiger partial charge >= 0.3 is 0 Å². The molecule has 1 aromatic carbocycles. The number of halogens is 1. The zero-order chi connectivity index (χ0) is 34.1. The van der Waals surface area contributed by atoms with Crippen molar-refractivity contribution in [3.05, 3.63) is 68.7 Å². The number of anilines is 2. The first-order valence-corrected chi connectivity index (χ1v) is 17.2. The molecule has 12 heteroatoms. The number of aliphatic hydroxyl groups excluding tert-OH is 1. The fourth-order valence-electron chi connectivity index (χ4n) is 7.51. The number of aliphatic hydroxyl groups is 1. The summed E-state index contributed by atoms with van der Waals surface area (Å²) in [5, 5.41) is 16.3. The van der Waals surface area contributed by atoms with E-state index in [1.54, 1.807) is 37.2 Å². The van der Waals surface area contributed by atoms with E-state index < -0.39 is 6.23 Å². The first-order chi connectivity index (χ1) is 23.0. The van der Waals surface area contributed by atoms with Crippen LogP contribution in [0.3, 0.4) is 0 Å². The molecule has 256 valence electrons. The molecule has 11 nitrogen and oxygen atoms in total. The summed E-state index contributed by atoms with van der Waals surface area (Å²) >= 11 is 6.79. The number of pyridine rings is 2. The van der Waals surface area contributed by atoms with Gasteiger partial charge < -0.3 is 34.8 Å². The van der Waals surface area contributed by atoms with Gasteiger partial charge in [0.1, 0.15) is 23.4 Å². The summed E-state index contributed by atoms with van der Waals surface area (Å²) < 4.78 is 7.26. The number of carbonyl (C=O) groups is 2. The molecule has 2 amide bonds. The standard InChI is InChI=1S/C36H45ClN6O5/c1-21-22(2)35(46)41(3)20-27(21)25-17-28(37)33(30(18-25)48-4)36(47)43-15-11-24(12-16-43)23-9-13-42(14-10-23)31-7-5-26(19-38-31)39-29-6-8-32(44)40-34(29)45/h5,7,17-20,23-24,29,34,39,45H,6,8-16H2,1-4H3,(H,40,44). The molecule has 3 aliphatic heterocycles. The van der Waals surface area contributed by atoms with Crippen molar-refractivity contribution in [2.24, 2.45) is 18.9 Å². The highest BCUT2D eigenvalue weighted by molar-refractivity contribution is 6.34. The molecule has 0 saturated carbocycles. The van der Waals surface area contributed by atoms with Crippen LogP contribution in [0.25, 0.3) is 11.1 Å². The summed E-state index contributed by atoms with van der Waals surface area (Å²) in [5.41, 5.74) is 4.38. The molecule has 6 rings (SSSR count). The number of methoxy groups -OCH3 is 1. The van der Waals surface area contributed by atoms with Gasteiger partial charge in [-0.2, -0.15) is 0 Å². The maximum absolute atomic E-state index is 13.8. The van der Waals surface area contributed by atoms with Gasteiger partial charge in [-0.25, -0.2) is 4.98 Å². The van der Waals surface area contributed by atoms with Crippen molar-refractivity contribution in [3.63, 3.8) is 0 Å². The van der Waals surface area contributed by atoms with Crippen molar-refractivity contribution in [3.8, 4) is 16.9 Å². The summed E-state index contributed by atoms with van der Waals surface area (Å²) in [6.07, 6.45) is 7.72. The van der Waals surface area contributed by atoms with Gasteiger partial charge in [0.25, 0.3) is 11.5 Å². The zero-order valence-electron chi connectivity index (χ0n) is 28.1. The molecule has 2 unspecified atom stereocenters. The second-order valence-corrected chi connectivity index (χ2v) is 13.8. The lowest BCUT2D eigenvalue weighted by atomic mass is 9.78. The summed E-state index contributed by atoms with van der Waals surface area (Å²) in [7, 11) is 3.28. The van der Waals surface area contributed by atoms with Crippen molar-refractivity contribution >= 4 is 34.9 Å². The monoisotopic (exact) mass is 676 g/mol. The predicted molar refractivity (Wildman–Crippen MR) is 187 cm³/mol. The Bertz CT molecular complexity index is 1730. The SMILES string of the molecule is COc1cc(-c2cn(C)c(=O)c(C)c2C)cc(Cl)c1C(=O)N1CCC(C2CCN(c3ccc(NC4CCC(=O)NC4O)cn3)CC2)CC1. The van der Waals surface area contributed by atoms with Crippen LogP contribution in [0.2, 0.25) is 5.02 Å². The van der Waals surface area contributed by atoms with Crippen molar-refractivity contribution in [2.75, 3.05) is 43.5 Å². The third-order valence-corrected chi connectivity index (χ3v) is 10.9. The minimum Gasteiger partial charge on any atom is -0.496 e. The van der Waals surface area contributed by atoms with Gasteiger partial charge in [-0.15, -0.1) is 0 Å². The largest absolute Gasteiger partial charge is 0.496 e. The van der Waals surface area contributed by atoms with Gasteiger partial charge in [0.15, 0.2) is 0 Å². The summed E-state index contributed by atoms with van der Waals surface area (Å²) in [6.45, 7) is 6.96. The summed E-state index contributed by atoms with van der Waals surface area (Å²) in [6, 6.07) is 7.39. The predicted octanol–water partition coefficient (Wildman–Crippen LogP) is 4.50. The van der Waals surface area contributed by atoms with Gasteiger partial charge in [0.05, 0.1) is 30.1 Å². The van der Waals surface area contributed by atoms with E-state index in [0.29, 0.717) is 59.7 Å². The van der Waals surface area contributed by atoms with Crippen molar-refractivity contribution in [1.82, 2.24) is 19.8 Å². The lowest BCUT2D eigenvalue weighted by Gasteiger charge is -2.40. The lowest BCUT2D eigenvalue weighted by molar-refractivity contribution is -0.126. The van der Waals surface area contributed by atoms with Crippen LogP contribution in [-0.4, -0.2) is 76.9 Å². The van der Waals surface area contributed by atoms with Crippen LogP contribution in [0, 0.1) is 25.7 Å². The van der Waals surface area contributed by atoms with E-state index in [2.05, 4.69) is 20.5 Å². The molecule has 3 aromatic rings. The molecule has 2 atom stereocenters. The van der Waals surface area contributed by atoms with Crippen LogP contribution in [0.1, 0.15) is 60.0 Å². The number of benzene rings is 1. The van der Waals surface area contributed by atoms with Gasteiger partial charge in [0, 0.05) is 57.0 Å². The molecule has 0 spiro atoms. The number of nitrogens with one attached hydrogen (secondary N) is 2. The summed E-state index contributed by atoms with van der Waals surface area (Å²) in [5.74, 6) is 2.30. The minimum atomic E-state index is -0.907. The maximum Gasteiger partial charge on any atom is 0.259 e. The number of aryl methyl sites for hydroxylation is 1. The zero-order valence-corrected chi connectivity index (χ0v) is 28.8. The van der Waals surface area contributed by atoms with Gasteiger partial charge in [0.2, 0.25) is 5.91 Å². The Labute approximate surface area is 286 Å². The average molecular weight is 677 g/mol. The third kappa shape index (κ3) is 6.89. The number of amides is 2. The normalized spacial score (nSPS) is 20.8. The van der Waals surface area contributed by atoms with E-state index in [0.717, 1.165) is 67.0 Å². The number of hydrogen-bond acceptors (Lipinski definition) is 8. The number of likely N-dealkylation sites (tertiary alicyclic amines) is 1. The molecule has 3 fully saturated rings. The molecule has 2 aromatic heterocycles. The Balaban J connectivity index is 1.03. The minimum absolute atomic E-state index is 0.0395. The molecule has 3 saturated heterocycles. The second-order valence-electron chi connectivity index (χ2n) is 13.4. The van der Waals surface area contributed by atoms with E-state index in [1.807, 2.05) is 36.9 Å². The van der Waals surface area contributed by atoms with Gasteiger partial charge in [-0.3, -0.25) is 14.4 Å². The van der Waals surface area contributed by atoms with Crippen LogP contribution in [0.4, 0.5) is 11.5 Å². The number of ether oxygens (including phenoxy) is 1. The molecular weight excluding hydrogens is 632 g/mol. The quantitative estimate of drug-likeness (QED) is 0.334.